The highest BCUT2D eigenvalue weighted by Gasteiger charge is 2.21. The smallest absolute Gasteiger partial charge is 0.167 e. The second-order valence-corrected chi connectivity index (χ2v) is 6.31. The summed E-state index contributed by atoms with van der Waals surface area (Å²) >= 11 is 0. The number of aryl methyl sites for hydroxylation is 1. The molecule has 0 atom stereocenters. The van der Waals surface area contributed by atoms with Crippen molar-refractivity contribution >= 4 is 0 Å². The Balaban J connectivity index is 2.04. The van der Waals surface area contributed by atoms with Crippen LogP contribution in [-0.2, 0) is 19.3 Å². The van der Waals surface area contributed by atoms with Crippen LogP contribution in [0.25, 0.3) is 11.1 Å². The fourth-order valence-corrected chi connectivity index (χ4v) is 3.40. The zero-order chi connectivity index (χ0) is 17.3. The standard InChI is InChI=1S/C21H21F3/c1-3-5-13-6-9-16-15(12-13)8-11-17(20(16)23)18-10-7-14(4-2)19(22)21(18)24/h6-8,10-11H,3-5,9,12H2,1-2H3. The molecule has 0 nitrogen and oxygen atoms in total. The molecule has 2 aromatic carbocycles. The minimum atomic E-state index is -0.966. The van der Waals surface area contributed by atoms with Crippen LogP contribution in [0.5, 0.6) is 0 Å². The number of halogens is 3. The van der Waals surface area contributed by atoms with E-state index >= 15 is 0 Å². The van der Waals surface area contributed by atoms with Gasteiger partial charge in [0.1, 0.15) is 5.82 Å². The first kappa shape index (κ1) is 16.8. The van der Waals surface area contributed by atoms with Crippen LogP contribution in [0.15, 0.2) is 35.9 Å². The molecule has 0 heterocycles. The average molecular weight is 330 g/mol. The molecule has 24 heavy (non-hydrogen) atoms. The van der Waals surface area contributed by atoms with Gasteiger partial charge < -0.3 is 0 Å². The molecule has 0 N–H and O–H groups in total. The summed E-state index contributed by atoms with van der Waals surface area (Å²) < 4.78 is 43.3. The van der Waals surface area contributed by atoms with Gasteiger partial charge in [0.05, 0.1) is 0 Å². The quantitative estimate of drug-likeness (QED) is 0.589. The summed E-state index contributed by atoms with van der Waals surface area (Å²) in [7, 11) is 0. The summed E-state index contributed by atoms with van der Waals surface area (Å²) in [5.41, 5.74) is 3.32. The van der Waals surface area contributed by atoms with E-state index < -0.39 is 17.5 Å². The monoisotopic (exact) mass is 330 g/mol. The topological polar surface area (TPSA) is 0 Å². The summed E-state index contributed by atoms with van der Waals surface area (Å²) in [5, 5.41) is 0. The maximum Gasteiger partial charge on any atom is 0.167 e. The van der Waals surface area contributed by atoms with Crippen molar-refractivity contribution in [3.05, 3.63) is 70.1 Å². The highest BCUT2D eigenvalue weighted by atomic mass is 19.2. The SMILES string of the molecule is CCCC1=CCc2c(ccc(-c3ccc(CC)c(F)c3F)c2F)C1. The molecule has 2 aromatic rings. The number of fused-ring (bicyclic) bond motifs is 1. The van der Waals surface area contributed by atoms with Crippen LogP contribution in [0.3, 0.4) is 0 Å². The number of allylic oxidation sites excluding steroid dienone is 2. The van der Waals surface area contributed by atoms with Crippen molar-refractivity contribution in [2.75, 3.05) is 0 Å². The van der Waals surface area contributed by atoms with E-state index in [9.17, 15) is 13.2 Å². The van der Waals surface area contributed by atoms with E-state index in [0.717, 1.165) is 24.8 Å². The van der Waals surface area contributed by atoms with Crippen molar-refractivity contribution in [3.63, 3.8) is 0 Å². The molecule has 0 spiro atoms. The highest BCUT2D eigenvalue weighted by Crippen LogP contribution is 2.34. The lowest BCUT2D eigenvalue weighted by atomic mass is 9.87. The fourth-order valence-electron chi connectivity index (χ4n) is 3.40. The van der Waals surface area contributed by atoms with Gasteiger partial charge in [0.25, 0.3) is 0 Å². The van der Waals surface area contributed by atoms with Gasteiger partial charge in [-0.3, -0.25) is 0 Å². The van der Waals surface area contributed by atoms with Gasteiger partial charge >= 0.3 is 0 Å². The molecule has 126 valence electrons. The molecule has 0 fully saturated rings. The van der Waals surface area contributed by atoms with Crippen molar-refractivity contribution in [1.29, 1.82) is 0 Å². The average Bonchev–Trinajstić information content (AvgIpc) is 2.58. The van der Waals surface area contributed by atoms with Crippen LogP contribution in [-0.4, -0.2) is 0 Å². The molecule has 0 radical (unpaired) electrons. The first-order valence-corrected chi connectivity index (χ1v) is 8.52. The third-order valence-corrected chi connectivity index (χ3v) is 4.76. The van der Waals surface area contributed by atoms with Gasteiger partial charge in [0.15, 0.2) is 11.6 Å². The van der Waals surface area contributed by atoms with Crippen molar-refractivity contribution < 1.29 is 13.2 Å². The summed E-state index contributed by atoms with van der Waals surface area (Å²) in [6.07, 6.45) is 5.81. The summed E-state index contributed by atoms with van der Waals surface area (Å²) in [4.78, 5) is 0. The Morgan fingerprint density at radius 3 is 2.29 bits per heavy atom. The van der Waals surface area contributed by atoms with Gasteiger partial charge in [-0.25, -0.2) is 13.2 Å². The molecule has 0 aliphatic heterocycles. The van der Waals surface area contributed by atoms with Gasteiger partial charge in [-0.1, -0.05) is 56.2 Å². The van der Waals surface area contributed by atoms with Gasteiger partial charge in [-0.05, 0) is 42.4 Å². The molecule has 0 amide bonds. The van der Waals surface area contributed by atoms with Crippen LogP contribution in [0.2, 0.25) is 0 Å². The maximum atomic E-state index is 14.9. The van der Waals surface area contributed by atoms with E-state index in [1.807, 2.05) is 6.07 Å². The van der Waals surface area contributed by atoms with Gasteiger partial charge in [0, 0.05) is 11.1 Å². The van der Waals surface area contributed by atoms with Crippen molar-refractivity contribution in [3.8, 4) is 11.1 Å². The van der Waals surface area contributed by atoms with Gasteiger partial charge in [-0.2, -0.15) is 0 Å². The van der Waals surface area contributed by atoms with Crippen molar-refractivity contribution in [1.82, 2.24) is 0 Å². The van der Waals surface area contributed by atoms with Crippen LogP contribution in [0, 0.1) is 17.5 Å². The summed E-state index contributed by atoms with van der Waals surface area (Å²) in [6, 6.07) is 6.43. The Kier molecular flexibility index (Phi) is 4.79. The predicted molar refractivity (Wildman–Crippen MR) is 91.5 cm³/mol. The molecular formula is C21H21F3. The fraction of sp³-hybridized carbons (Fsp3) is 0.333. The van der Waals surface area contributed by atoms with E-state index in [4.69, 9.17) is 0 Å². The first-order valence-electron chi connectivity index (χ1n) is 8.52. The minimum Gasteiger partial charge on any atom is -0.206 e. The van der Waals surface area contributed by atoms with Crippen LogP contribution < -0.4 is 0 Å². The van der Waals surface area contributed by atoms with E-state index in [2.05, 4.69) is 13.0 Å². The summed E-state index contributed by atoms with van der Waals surface area (Å²) in [6.45, 7) is 3.88. The zero-order valence-electron chi connectivity index (χ0n) is 14.1. The van der Waals surface area contributed by atoms with E-state index in [-0.39, 0.29) is 11.1 Å². The Labute approximate surface area is 141 Å². The predicted octanol–water partition coefficient (Wildman–Crippen LogP) is 6.16. The highest BCUT2D eigenvalue weighted by molar-refractivity contribution is 5.67. The van der Waals surface area contributed by atoms with Gasteiger partial charge in [-0.15, -0.1) is 0 Å². The summed E-state index contributed by atoms with van der Waals surface area (Å²) in [5.74, 6) is -2.27. The normalized spacial score (nSPS) is 13.6. The number of rotatable bonds is 4. The lowest BCUT2D eigenvalue weighted by molar-refractivity contribution is 0.501. The third-order valence-electron chi connectivity index (χ3n) is 4.76. The van der Waals surface area contributed by atoms with E-state index in [1.165, 1.54) is 17.7 Å². The van der Waals surface area contributed by atoms with Crippen molar-refractivity contribution in [2.24, 2.45) is 0 Å². The lowest BCUT2D eigenvalue weighted by Crippen LogP contribution is -2.07. The minimum absolute atomic E-state index is 0.00617. The zero-order valence-corrected chi connectivity index (χ0v) is 14.1. The number of hydrogen-bond acceptors (Lipinski definition) is 0. The van der Waals surface area contributed by atoms with Gasteiger partial charge in [0.2, 0.25) is 0 Å². The molecule has 0 saturated heterocycles. The largest absolute Gasteiger partial charge is 0.206 e. The molecule has 3 heteroatoms. The third kappa shape index (κ3) is 2.88. The second-order valence-electron chi connectivity index (χ2n) is 6.31. The maximum absolute atomic E-state index is 14.9. The molecule has 0 bridgehead atoms. The number of hydrogen-bond donors (Lipinski definition) is 0. The Hall–Kier alpha value is -2.03. The molecule has 0 unspecified atom stereocenters. The van der Waals surface area contributed by atoms with Crippen LogP contribution in [0.4, 0.5) is 13.2 Å². The van der Waals surface area contributed by atoms with Crippen molar-refractivity contribution in [2.45, 2.75) is 46.0 Å². The molecule has 1 aliphatic rings. The van der Waals surface area contributed by atoms with E-state index in [1.54, 1.807) is 13.0 Å². The van der Waals surface area contributed by atoms with Crippen LogP contribution in [0.1, 0.15) is 43.4 Å². The molecule has 0 saturated carbocycles. The second kappa shape index (κ2) is 6.84. The Bertz CT molecular complexity index is 803. The van der Waals surface area contributed by atoms with E-state index in [0.29, 0.717) is 24.0 Å². The Morgan fingerprint density at radius 1 is 0.875 bits per heavy atom. The number of benzene rings is 2. The lowest BCUT2D eigenvalue weighted by Gasteiger charge is -2.19. The first-order chi connectivity index (χ1) is 11.6. The molecule has 3 rings (SSSR count). The molecule has 0 aromatic heterocycles. The Morgan fingerprint density at radius 2 is 1.58 bits per heavy atom. The molecule has 1 aliphatic carbocycles. The molecular weight excluding hydrogens is 309 g/mol. The van der Waals surface area contributed by atoms with Crippen LogP contribution >= 0.6 is 0 Å².